The third-order valence-electron chi connectivity index (χ3n) is 2.51. The van der Waals surface area contributed by atoms with Gasteiger partial charge in [-0.2, -0.15) is 0 Å². The van der Waals surface area contributed by atoms with Gasteiger partial charge in [-0.25, -0.2) is 0 Å². The summed E-state index contributed by atoms with van der Waals surface area (Å²) < 4.78 is 5.13. The number of phenols is 2. The number of carbonyl (C=O) groups excluding carboxylic acids is 1. The molecule has 1 aliphatic heterocycles. The molecule has 1 fully saturated rings. The number of hydrogen-bond acceptors (Lipinski definition) is 4. The fraction of sp³-hybridized carbons (Fsp3) is 0.364. The van der Waals surface area contributed by atoms with Gasteiger partial charge in [-0.15, -0.1) is 11.6 Å². The van der Waals surface area contributed by atoms with Crippen molar-refractivity contribution in [2.75, 3.05) is 5.88 Å². The van der Waals surface area contributed by atoms with E-state index in [1.54, 1.807) is 0 Å². The van der Waals surface area contributed by atoms with Gasteiger partial charge in [0.25, 0.3) is 0 Å². The second-order valence-electron chi connectivity index (χ2n) is 3.70. The lowest BCUT2D eigenvalue weighted by Gasteiger charge is -2.02. The van der Waals surface area contributed by atoms with E-state index in [0.717, 1.165) is 0 Å². The predicted molar refractivity (Wildman–Crippen MR) is 58.1 cm³/mol. The Labute approximate surface area is 97.4 Å². The topological polar surface area (TPSA) is 70.1 Å². The van der Waals surface area contributed by atoms with Crippen LogP contribution in [0.1, 0.15) is 16.8 Å². The molecule has 1 heterocycles. The zero-order valence-electron chi connectivity index (χ0n) is 8.39. The summed E-state index contributed by atoms with van der Waals surface area (Å²) in [6.07, 6.45) is -0.0502. The van der Waals surface area contributed by atoms with E-state index >= 15 is 0 Å². The molecule has 0 bridgehead atoms. The SMILES string of the molecule is O=C(CC1OC1CCl)c1cc(O)ccc1O. The molecule has 2 atom stereocenters. The van der Waals surface area contributed by atoms with Crippen molar-refractivity contribution in [2.24, 2.45) is 0 Å². The van der Waals surface area contributed by atoms with E-state index in [4.69, 9.17) is 16.3 Å². The number of benzene rings is 1. The number of phenolic OH excluding ortho intramolecular Hbond substituents is 2. The molecule has 1 aliphatic rings. The van der Waals surface area contributed by atoms with Crippen molar-refractivity contribution in [1.82, 2.24) is 0 Å². The van der Waals surface area contributed by atoms with Gasteiger partial charge in [-0.3, -0.25) is 4.79 Å². The number of ketones is 1. The largest absolute Gasteiger partial charge is 0.508 e. The Kier molecular flexibility index (Phi) is 3.03. The lowest BCUT2D eigenvalue weighted by Crippen LogP contribution is -2.06. The second kappa shape index (κ2) is 4.31. The van der Waals surface area contributed by atoms with Crippen LogP contribution in [0.25, 0.3) is 0 Å². The molecule has 1 aromatic carbocycles. The van der Waals surface area contributed by atoms with Crippen molar-refractivity contribution < 1.29 is 19.7 Å². The highest BCUT2D eigenvalue weighted by molar-refractivity contribution is 6.18. The summed E-state index contributed by atoms with van der Waals surface area (Å²) in [5.74, 6) is -0.0760. The van der Waals surface area contributed by atoms with Gasteiger partial charge in [0.15, 0.2) is 5.78 Å². The number of hydrogen-bond donors (Lipinski definition) is 2. The molecule has 2 N–H and O–H groups in total. The quantitative estimate of drug-likeness (QED) is 0.365. The average molecular weight is 243 g/mol. The van der Waals surface area contributed by atoms with E-state index < -0.39 is 0 Å². The van der Waals surface area contributed by atoms with Gasteiger partial charge in [0.05, 0.1) is 23.7 Å². The Morgan fingerprint density at radius 2 is 2.12 bits per heavy atom. The first kappa shape index (κ1) is 11.2. The molecule has 0 aromatic heterocycles. The normalized spacial score (nSPS) is 23.1. The molecule has 1 saturated heterocycles. The van der Waals surface area contributed by atoms with Crippen LogP contribution in [0.5, 0.6) is 11.5 Å². The first-order chi connectivity index (χ1) is 7.61. The monoisotopic (exact) mass is 242 g/mol. The molecule has 0 aliphatic carbocycles. The van der Waals surface area contributed by atoms with E-state index in [0.29, 0.717) is 5.88 Å². The Bertz CT molecular complexity index is 418. The lowest BCUT2D eigenvalue weighted by molar-refractivity contribution is 0.0969. The van der Waals surface area contributed by atoms with Crippen LogP contribution in [0.4, 0.5) is 0 Å². The number of epoxide rings is 1. The van der Waals surface area contributed by atoms with E-state index in [1.807, 2.05) is 0 Å². The number of rotatable bonds is 4. The summed E-state index contributed by atoms with van der Waals surface area (Å²) in [7, 11) is 0. The second-order valence-corrected chi connectivity index (χ2v) is 4.00. The highest BCUT2D eigenvalue weighted by Gasteiger charge is 2.39. The summed E-state index contributed by atoms with van der Waals surface area (Å²) in [6, 6.07) is 3.85. The number of halogens is 1. The zero-order chi connectivity index (χ0) is 11.7. The molecule has 0 spiro atoms. The minimum absolute atomic E-state index is 0.0493. The van der Waals surface area contributed by atoms with Crippen molar-refractivity contribution >= 4 is 17.4 Å². The molecule has 5 heteroatoms. The standard InChI is InChI=1S/C11H11ClO4/c12-5-11-10(16-11)4-9(15)7-3-6(13)1-2-8(7)14/h1-3,10-11,13-14H,4-5H2. The molecular formula is C11H11ClO4. The Morgan fingerprint density at radius 1 is 1.38 bits per heavy atom. The number of aromatic hydroxyl groups is 2. The minimum Gasteiger partial charge on any atom is -0.508 e. The Hall–Kier alpha value is -1.26. The first-order valence-corrected chi connectivity index (χ1v) is 5.42. The molecule has 1 aromatic rings. The molecular weight excluding hydrogens is 232 g/mol. The van der Waals surface area contributed by atoms with Crippen molar-refractivity contribution in [3.8, 4) is 11.5 Å². The summed E-state index contributed by atoms with van der Waals surface area (Å²) in [5, 5.41) is 18.7. The maximum atomic E-state index is 11.7. The molecule has 0 amide bonds. The Morgan fingerprint density at radius 3 is 2.75 bits per heavy atom. The fourth-order valence-corrected chi connectivity index (χ4v) is 1.81. The summed E-state index contributed by atoms with van der Waals surface area (Å²) in [5.41, 5.74) is 0.115. The van der Waals surface area contributed by atoms with Crippen molar-refractivity contribution in [1.29, 1.82) is 0 Å². The summed E-state index contributed by atoms with van der Waals surface area (Å²) in [4.78, 5) is 11.7. The van der Waals surface area contributed by atoms with E-state index in [1.165, 1.54) is 18.2 Å². The van der Waals surface area contributed by atoms with E-state index in [9.17, 15) is 15.0 Å². The van der Waals surface area contributed by atoms with Crippen LogP contribution in [0.2, 0.25) is 0 Å². The number of carbonyl (C=O) groups is 1. The van der Waals surface area contributed by atoms with Crippen molar-refractivity contribution in [2.45, 2.75) is 18.6 Å². The maximum Gasteiger partial charge on any atom is 0.169 e. The van der Waals surface area contributed by atoms with Crippen LogP contribution in [0.15, 0.2) is 18.2 Å². The molecule has 0 saturated carbocycles. The van der Waals surface area contributed by atoms with E-state index in [2.05, 4.69) is 0 Å². The van der Waals surface area contributed by atoms with Crippen molar-refractivity contribution in [3.05, 3.63) is 23.8 Å². The van der Waals surface area contributed by atoms with Crippen molar-refractivity contribution in [3.63, 3.8) is 0 Å². The number of ether oxygens (including phenoxy) is 1. The lowest BCUT2D eigenvalue weighted by atomic mass is 10.0. The Balaban J connectivity index is 2.06. The van der Waals surface area contributed by atoms with Gasteiger partial charge in [0.1, 0.15) is 11.5 Å². The van der Waals surface area contributed by atoms with Crippen LogP contribution < -0.4 is 0 Å². The average Bonchev–Trinajstić information content (AvgIpc) is 3.00. The zero-order valence-corrected chi connectivity index (χ0v) is 9.15. The third-order valence-corrected chi connectivity index (χ3v) is 2.81. The predicted octanol–water partition coefficient (Wildman–Crippen LogP) is 1.68. The van der Waals surface area contributed by atoms with E-state index in [-0.39, 0.29) is 41.5 Å². The molecule has 0 radical (unpaired) electrons. The molecule has 4 nitrogen and oxygen atoms in total. The van der Waals surface area contributed by atoms with Crippen LogP contribution in [0, 0.1) is 0 Å². The van der Waals surface area contributed by atoms with Crippen LogP contribution in [-0.4, -0.2) is 34.1 Å². The number of Topliss-reactive ketones (excluding diaryl/α,β-unsaturated/α-hetero) is 1. The highest BCUT2D eigenvalue weighted by Crippen LogP contribution is 2.30. The highest BCUT2D eigenvalue weighted by atomic mass is 35.5. The third kappa shape index (κ3) is 2.28. The first-order valence-electron chi connectivity index (χ1n) is 4.88. The van der Waals surface area contributed by atoms with Crippen LogP contribution in [-0.2, 0) is 4.74 Å². The molecule has 2 unspecified atom stereocenters. The van der Waals surface area contributed by atoms with Gasteiger partial charge >= 0.3 is 0 Å². The molecule has 16 heavy (non-hydrogen) atoms. The van der Waals surface area contributed by atoms with Gasteiger partial charge in [0, 0.05) is 6.42 Å². The smallest absolute Gasteiger partial charge is 0.169 e. The summed E-state index contributed by atoms with van der Waals surface area (Å²) in [6.45, 7) is 0. The van der Waals surface area contributed by atoms with Crippen LogP contribution >= 0.6 is 11.6 Å². The van der Waals surface area contributed by atoms with Crippen LogP contribution in [0.3, 0.4) is 0 Å². The molecule has 2 rings (SSSR count). The number of alkyl halides is 1. The molecule has 86 valence electrons. The van der Waals surface area contributed by atoms with Gasteiger partial charge in [-0.05, 0) is 18.2 Å². The fourth-order valence-electron chi connectivity index (χ4n) is 1.53. The van der Waals surface area contributed by atoms with Gasteiger partial charge in [0.2, 0.25) is 0 Å². The van der Waals surface area contributed by atoms with Gasteiger partial charge in [-0.1, -0.05) is 0 Å². The minimum atomic E-state index is -0.258. The maximum absolute atomic E-state index is 11.7. The summed E-state index contributed by atoms with van der Waals surface area (Å²) >= 11 is 5.55. The van der Waals surface area contributed by atoms with Gasteiger partial charge < -0.3 is 14.9 Å².